The summed E-state index contributed by atoms with van der Waals surface area (Å²) in [5.74, 6) is 0.791. The van der Waals surface area contributed by atoms with Crippen LogP contribution in [-0.2, 0) is 0 Å². The van der Waals surface area contributed by atoms with Gasteiger partial charge in [0.1, 0.15) is 5.75 Å². The van der Waals surface area contributed by atoms with Gasteiger partial charge < -0.3 is 19.9 Å². The van der Waals surface area contributed by atoms with E-state index in [-0.39, 0.29) is 5.69 Å². The standard InChI is InChI=1S/C15H18N4O2/c1-21-12-4-2-11(3-5-12)14-13(10-17-15(20)18-14)19-8-6-16-7-9-19/h2-5,10,16H,6-9H2,1H3,(H,17,18,20). The Morgan fingerprint density at radius 1 is 1.19 bits per heavy atom. The molecule has 1 aliphatic rings. The number of H-pyrrole nitrogens is 1. The number of benzene rings is 1. The van der Waals surface area contributed by atoms with Crippen molar-refractivity contribution in [3.63, 3.8) is 0 Å². The van der Waals surface area contributed by atoms with Gasteiger partial charge in [-0.1, -0.05) is 0 Å². The normalized spacial score (nSPS) is 15.0. The summed E-state index contributed by atoms with van der Waals surface area (Å²) in [6.45, 7) is 3.66. The number of nitrogens with one attached hydrogen (secondary N) is 2. The van der Waals surface area contributed by atoms with Gasteiger partial charge in [0.2, 0.25) is 0 Å². The zero-order valence-electron chi connectivity index (χ0n) is 11.9. The minimum absolute atomic E-state index is 0.334. The summed E-state index contributed by atoms with van der Waals surface area (Å²) in [5.41, 5.74) is 2.38. The fraction of sp³-hybridized carbons (Fsp3) is 0.333. The van der Waals surface area contributed by atoms with Gasteiger partial charge >= 0.3 is 5.69 Å². The van der Waals surface area contributed by atoms with Crippen LogP contribution in [0.5, 0.6) is 5.75 Å². The molecule has 2 heterocycles. The molecule has 110 valence electrons. The van der Waals surface area contributed by atoms with Crippen molar-refractivity contribution in [3.8, 4) is 17.0 Å². The lowest BCUT2D eigenvalue weighted by atomic mass is 10.1. The van der Waals surface area contributed by atoms with E-state index in [2.05, 4.69) is 20.2 Å². The van der Waals surface area contributed by atoms with Gasteiger partial charge in [0.15, 0.2) is 0 Å². The Balaban J connectivity index is 2.02. The third kappa shape index (κ3) is 2.90. The van der Waals surface area contributed by atoms with Crippen molar-refractivity contribution >= 4 is 5.69 Å². The van der Waals surface area contributed by atoms with Crippen molar-refractivity contribution in [3.05, 3.63) is 40.9 Å². The molecule has 0 amide bonds. The van der Waals surface area contributed by atoms with Crippen LogP contribution >= 0.6 is 0 Å². The highest BCUT2D eigenvalue weighted by Gasteiger charge is 2.16. The number of piperazine rings is 1. The van der Waals surface area contributed by atoms with E-state index in [1.54, 1.807) is 13.3 Å². The van der Waals surface area contributed by atoms with Crippen LogP contribution < -0.4 is 20.6 Å². The molecule has 0 unspecified atom stereocenters. The van der Waals surface area contributed by atoms with Crippen LogP contribution in [0.25, 0.3) is 11.3 Å². The van der Waals surface area contributed by atoms with Crippen LogP contribution in [0, 0.1) is 0 Å². The summed E-state index contributed by atoms with van der Waals surface area (Å²) in [7, 11) is 1.63. The third-order valence-corrected chi connectivity index (χ3v) is 3.63. The molecule has 21 heavy (non-hydrogen) atoms. The number of rotatable bonds is 3. The second-order valence-electron chi connectivity index (χ2n) is 4.91. The quantitative estimate of drug-likeness (QED) is 0.875. The molecule has 2 N–H and O–H groups in total. The van der Waals surface area contributed by atoms with E-state index in [0.717, 1.165) is 48.9 Å². The van der Waals surface area contributed by atoms with E-state index < -0.39 is 0 Å². The molecule has 0 spiro atoms. The van der Waals surface area contributed by atoms with Crippen molar-refractivity contribution in [1.82, 2.24) is 15.3 Å². The highest BCUT2D eigenvalue weighted by atomic mass is 16.5. The molecule has 6 nitrogen and oxygen atoms in total. The first kappa shape index (κ1) is 13.6. The molecule has 1 aliphatic heterocycles. The first-order chi connectivity index (χ1) is 10.3. The average Bonchev–Trinajstić information content (AvgIpc) is 2.56. The minimum atomic E-state index is -0.334. The molecule has 1 aromatic carbocycles. The van der Waals surface area contributed by atoms with Gasteiger partial charge in [0.05, 0.1) is 24.7 Å². The lowest BCUT2D eigenvalue weighted by Gasteiger charge is -2.30. The molecule has 2 aromatic rings. The fourth-order valence-electron chi connectivity index (χ4n) is 2.51. The second-order valence-corrected chi connectivity index (χ2v) is 4.91. The summed E-state index contributed by atoms with van der Waals surface area (Å²) in [4.78, 5) is 20.6. The van der Waals surface area contributed by atoms with E-state index >= 15 is 0 Å². The van der Waals surface area contributed by atoms with Crippen LogP contribution in [0.2, 0.25) is 0 Å². The number of anilines is 1. The van der Waals surface area contributed by atoms with Crippen molar-refractivity contribution in [2.75, 3.05) is 38.2 Å². The maximum atomic E-state index is 11.6. The molecule has 0 saturated carbocycles. The summed E-state index contributed by atoms with van der Waals surface area (Å²) < 4.78 is 5.17. The Bertz CT molecular complexity index is 660. The molecule has 6 heteroatoms. The van der Waals surface area contributed by atoms with Crippen molar-refractivity contribution in [1.29, 1.82) is 0 Å². The van der Waals surface area contributed by atoms with Gasteiger partial charge in [-0.15, -0.1) is 0 Å². The van der Waals surface area contributed by atoms with E-state index in [1.165, 1.54) is 0 Å². The Labute approximate surface area is 122 Å². The summed E-state index contributed by atoms with van der Waals surface area (Å²) in [6, 6.07) is 7.65. The fourth-order valence-corrected chi connectivity index (χ4v) is 2.51. The number of aromatic nitrogens is 2. The molecule has 0 aliphatic carbocycles. The van der Waals surface area contributed by atoms with Crippen molar-refractivity contribution < 1.29 is 4.74 Å². The molecule has 1 saturated heterocycles. The topological polar surface area (TPSA) is 70.2 Å². The molecule has 0 radical (unpaired) electrons. The van der Waals surface area contributed by atoms with Crippen LogP contribution in [0.1, 0.15) is 0 Å². The summed E-state index contributed by atoms with van der Waals surface area (Å²) in [6.07, 6.45) is 1.66. The highest BCUT2D eigenvalue weighted by molar-refractivity contribution is 5.74. The SMILES string of the molecule is COc1ccc(-c2[nH]c(=O)ncc2N2CCNCC2)cc1. The molecule has 1 fully saturated rings. The number of hydrogen-bond acceptors (Lipinski definition) is 5. The number of hydrogen-bond donors (Lipinski definition) is 2. The molecule has 3 rings (SSSR count). The number of aromatic amines is 1. The lowest BCUT2D eigenvalue weighted by Crippen LogP contribution is -2.44. The Kier molecular flexibility index (Phi) is 3.87. The van der Waals surface area contributed by atoms with E-state index in [0.29, 0.717) is 0 Å². The van der Waals surface area contributed by atoms with Gasteiger partial charge in [0.25, 0.3) is 0 Å². The van der Waals surface area contributed by atoms with E-state index in [4.69, 9.17) is 4.74 Å². The first-order valence-electron chi connectivity index (χ1n) is 6.97. The van der Waals surface area contributed by atoms with Crippen LogP contribution in [0.4, 0.5) is 5.69 Å². The highest BCUT2D eigenvalue weighted by Crippen LogP contribution is 2.28. The van der Waals surface area contributed by atoms with E-state index in [9.17, 15) is 4.79 Å². The smallest absolute Gasteiger partial charge is 0.345 e. The monoisotopic (exact) mass is 286 g/mol. The van der Waals surface area contributed by atoms with Crippen LogP contribution in [0.15, 0.2) is 35.3 Å². The molecule has 0 bridgehead atoms. The predicted molar refractivity (Wildman–Crippen MR) is 81.9 cm³/mol. The molecular weight excluding hydrogens is 268 g/mol. The summed E-state index contributed by atoms with van der Waals surface area (Å²) in [5, 5.41) is 3.32. The van der Waals surface area contributed by atoms with E-state index in [1.807, 2.05) is 24.3 Å². The lowest BCUT2D eigenvalue weighted by molar-refractivity contribution is 0.415. The Morgan fingerprint density at radius 2 is 1.90 bits per heavy atom. The predicted octanol–water partition coefficient (Wildman–Crippen LogP) is 0.855. The Hall–Kier alpha value is -2.34. The maximum absolute atomic E-state index is 11.6. The van der Waals surface area contributed by atoms with Gasteiger partial charge in [-0.25, -0.2) is 4.79 Å². The van der Waals surface area contributed by atoms with Gasteiger partial charge in [-0.3, -0.25) is 0 Å². The van der Waals surface area contributed by atoms with Gasteiger partial charge in [-0.2, -0.15) is 4.98 Å². The molecule has 1 aromatic heterocycles. The zero-order chi connectivity index (χ0) is 14.7. The first-order valence-corrected chi connectivity index (χ1v) is 6.97. The molecule has 0 atom stereocenters. The summed E-state index contributed by atoms with van der Waals surface area (Å²) >= 11 is 0. The number of ether oxygens (including phenoxy) is 1. The van der Waals surface area contributed by atoms with Crippen LogP contribution in [0.3, 0.4) is 0 Å². The number of nitrogens with zero attached hydrogens (tertiary/aromatic N) is 2. The Morgan fingerprint density at radius 3 is 2.57 bits per heavy atom. The molecular formula is C15H18N4O2. The van der Waals surface area contributed by atoms with Gasteiger partial charge in [0, 0.05) is 31.7 Å². The third-order valence-electron chi connectivity index (χ3n) is 3.63. The van der Waals surface area contributed by atoms with Crippen molar-refractivity contribution in [2.45, 2.75) is 0 Å². The van der Waals surface area contributed by atoms with Gasteiger partial charge in [-0.05, 0) is 24.3 Å². The number of methoxy groups -OCH3 is 1. The average molecular weight is 286 g/mol. The minimum Gasteiger partial charge on any atom is -0.497 e. The zero-order valence-corrected chi connectivity index (χ0v) is 11.9. The van der Waals surface area contributed by atoms with Crippen molar-refractivity contribution in [2.24, 2.45) is 0 Å². The largest absolute Gasteiger partial charge is 0.497 e. The second kappa shape index (κ2) is 5.97. The maximum Gasteiger partial charge on any atom is 0.345 e. The van der Waals surface area contributed by atoms with Crippen LogP contribution in [-0.4, -0.2) is 43.3 Å².